The summed E-state index contributed by atoms with van der Waals surface area (Å²) in [4.78, 5) is 33.4. The summed E-state index contributed by atoms with van der Waals surface area (Å²) in [6.45, 7) is 0. The van der Waals surface area contributed by atoms with E-state index in [2.05, 4.69) is 10.5 Å². The second-order valence-corrected chi connectivity index (χ2v) is 5.09. The van der Waals surface area contributed by atoms with Crippen LogP contribution in [0.2, 0.25) is 0 Å². The number of hydrogen-bond acceptors (Lipinski definition) is 7. The van der Waals surface area contributed by atoms with E-state index in [-0.39, 0.29) is 21.7 Å². The van der Waals surface area contributed by atoms with Crippen molar-refractivity contribution in [2.24, 2.45) is 7.05 Å². The Morgan fingerprint density at radius 2 is 2.37 bits per heavy atom. The quantitative estimate of drug-likeness (QED) is 0.469. The lowest BCUT2D eigenvalue weighted by Gasteiger charge is -2.15. The molecule has 0 aromatic carbocycles. The molecule has 0 aliphatic carbocycles. The van der Waals surface area contributed by atoms with Gasteiger partial charge in [0.15, 0.2) is 4.32 Å². The molecule has 1 aromatic heterocycles. The van der Waals surface area contributed by atoms with Crippen molar-refractivity contribution in [1.82, 2.24) is 20.2 Å². The molecule has 2 heterocycles. The van der Waals surface area contributed by atoms with Crippen LogP contribution in [-0.4, -0.2) is 41.6 Å². The fraction of sp³-hybridized carbons (Fsp3) is 0.250. The van der Waals surface area contributed by atoms with E-state index >= 15 is 0 Å². The van der Waals surface area contributed by atoms with Crippen LogP contribution in [0.4, 0.5) is 5.69 Å². The van der Waals surface area contributed by atoms with E-state index in [0.29, 0.717) is 0 Å². The monoisotopic (exact) mass is 301 g/mol. The molecule has 1 aliphatic heterocycles. The first-order valence-corrected chi connectivity index (χ1v) is 6.28. The standard InChI is InChI=1S/C8H7N5O4S2/c1-11-6(4(2-9-11)13(16)17)7(15)10-12-5(14)3-19-8(12)18/h2H,3H2,1H3,(H,10,15). The average Bonchev–Trinajstić information content (AvgIpc) is 2.86. The predicted molar refractivity (Wildman–Crippen MR) is 69.2 cm³/mol. The van der Waals surface area contributed by atoms with E-state index in [4.69, 9.17) is 12.2 Å². The van der Waals surface area contributed by atoms with Crippen LogP contribution in [0.1, 0.15) is 10.5 Å². The Labute approximate surface area is 116 Å². The molecule has 1 N–H and O–H groups in total. The topological polar surface area (TPSA) is 110 Å². The largest absolute Gasteiger partial charge is 0.320 e. The van der Waals surface area contributed by atoms with Gasteiger partial charge < -0.3 is 0 Å². The number of carbonyl (C=O) groups excluding carboxylic acids is 2. The zero-order chi connectivity index (χ0) is 14.2. The molecular weight excluding hydrogens is 294 g/mol. The van der Waals surface area contributed by atoms with Crippen molar-refractivity contribution >= 4 is 45.8 Å². The highest BCUT2D eigenvalue weighted by Crippen LogP contribution is 2.20. The van der Waals surface area contributed by atoms with Crippen molar-refractivity contribution < 1.29 is 14.5 Å². The number of carbonyl (C=O) groups is 2. The van der Waals surface area contributed by atoms with Crippen LogP contribution in [0.5, 0.6) is 0 Å². The highest BCUT2D eigenvalue weighted by molar-refractivity contribution is 8.23. The summed E-state index contributed by atoms with van der Waals surface area (Å²) in [5.41, 5.74) is 1.54. The van der Waals surface area contributed by atoms with E-state index in [0.717, 1.165) is 27.6 Å². The maximum absolute atomic E-state index is 12.0. The van der Waals surface area contributed by atoms with Gasteiger partial charge in [0.25, 0.3) is 11.8 Å². The Morgan fingerprint density at radius 1 is 1.68 bits per heavy atom. The van der Waals surface area contributed by atoms with Crippen LogP contribution in [0.25, 0.3) is 0 Å². The molecule has 0 spiro atoms. The number of nitrogens with zero attached hydrogens (tertiary/aromatic N) is 4. The number of thiocarbonyl (C=S) groups is 1. The van der Waals surface area contributed by atoms with Crippen molar-refractivity contribution in [3.05, 3.63) is 22.0 Å². The Hall–Kier alpha value is -2.01. The van der Waals surface area contributed by atoms with Gasteiger partial charge in [-0.15, -0.1) is 0 Å². The molecule has 9 nitrogen and oxygen atoms in total. The molecule has 0 bridgehead atoms. The van der Waals surface area contributed by atoms with Gasteiger partial charge in [-0.05, 0) is 0 Å². The highest BCUT2D eigenvalue weighted by Gasteiger charge is 2.32. The SMILES string of the molecule is Cn1ncc([N+](=O)[O-])c1C(=O)NN1C(=O)CSC1=S. The summed E-state index contributed by atoms with van der Waals surface area (Å²) in [5.74, 6) is -1.06. The Bertz CT molecular complexity index is 582. The van der Waals surface area contributed by atoms with Gasteiger partial charge >= 0.3 is 5.69 Å². The molecule has 2 rings (SSSR count). The molecule has 19 heavy (non-hydrogen) atoms. The van der Waals surface area contributed by atoms with E-state index in [1.54, 1.807) is 0 Å². The summed E-state index contributed by atoms with van der Waals surface area (Å²) in [7, 11) is 1.39. The molecule has 0 saturated carbocycles. The van der Waals surface area contributed by atoms with Gasteiger partial charge in [-0.1, -0.05) is 24.0 Å². The maximum atomic E-state index is 12.0. The number of thioether (sulfide) groups is 1. The highest BCUT2D eigenvalue weighted by atomic mass is 32.2. The van der Waals surface area contributed by atoms with Crippen LogP contribution in [-0.2, 0) is 11.8 Å². The molecule has 100 valence electrons. The number of hydrazine groups is 1. The number of aromatic nitrogens is 2. The lowest BCUT2D eigenvalue weighted by Crippen LogP contribution is -2.45. The first kappa shape index (κ1) is 13.4. The molecule has 11 heteroatoms. The molecule has 1 fully saturated rings. The van der Waals surface area contributed by atoms with E-state index in [1.165, 1.54) is 7.05 Å². The van der Waals surface area contributed by atoms with Gasteiger partial charge in [-0.25, -0.2) is 5.01 Å². The minimum atomic E-state index is -0.815. The van der Waals surface area contributed by atoms with Crippen LogP contribution in [0, 0.1) is 10.1 Å². The number of nitrogens with one attached hydrogen (secondary N) is 1. The predicted octanol–water partition coefficient (Wildman–Crippen LogP) is -0.167. The Kier molecular flexibility index (Phi) is 3.48. The summed E-state index contributed by atoms with van der Waals surface area (Å²) in [6.07, 6.45) is 0.966. The minimum absolute atomic E-state index is 0.132. The normalized spacial score (nSPS) is 14.9. The maximum Gasteiger partial charge on any atom is 0.320 e. The molecule has 1 aromatic rings. The van der Waals surface area contributed by atoms with Crippen molar-refractivity contribution in [2.75, 3.05) is 5.75 Å². The molecule has 2 amide bonds. The van der Waals surface area contributed by atoms with E-state index in [9.17, 15) is 19.7 Å². The molecule has 0 unspecified atom stereocenters. The first-order valence-electron chi connectivity index (χ1n) is 4.89. The lowest BCUT2D eigenvalue weighted by atomic mass is 10.3. The Morgan fingerprint density at radius 3 is 2.89 bits per heavy atom. The minimum Gasteiger partial charge on any atom is -0.272 e. The van der Waals surface area contributed by atoms with Gasteiger partial charge in [-0.2, -0.15) is 5.10 Å². The van der Waals surface area contributed by atoms with Crippen molar-refractivity contribution in [3.8, 4) is 0 Å². The zero-order valence-electron chi connectivity index (χ0n) is 9.52. The van der Waals surface area contributed by atoms with Crippen molar-refractivity contribution in [3.63, 3.8) is 0 Å². The number of hydrogen-bond donors (Lipinski definition) is 1. The third-order valence-electron chi connectivity index (χ3n) is 2.30. The van der Waals surface area contributed by atoms with Crippen molar-refractivity contribution in [1.29, 1.82) is 0 Å². The molecule has 1 saturated heterocycles. The number of amides is 2. The zero-order valence-corrected chi connectivity index (χ0v) is 11.2. The third-order valence-corrected chi connectivity index (χ3v) is 3.65. The molecule has 0 radical (unpaired) electrons. The van der Waals surface area contributed by atoms with Gasteiger partial charge in [0.1, 0.15) is 6.20 Å². The third kappa shape index (κ3) is 2.42. The van der Waals surface area contributed by atoms with Crippen LogP contribution < -0.4 is 5.43 Å². The van der Waals surface area contributed by atoms with E-state index in [1.807, 2.05) is 0 Å². The van der Waals surface area contributed by atoms with Gasteiger partial charge in [0.05, 0.1) is 10.7 Å². The average molecular weight is 301 g/mol. The van der Waals surface area contributed by atoms with Crippen LogP contribution in [0.3, 0.4) is 0 Å². The second kappa shape index (κ2) is 4.93. The number of rotatable bonds is 3. The summed E-state index contributed by atoms with van der Waals surface area (Å²) >= 11 is 5.98. The summed E-state index contributed by atoms with van der Waals surface area (Å²) in [6, 6.07) is 0. The number of aryl methyl sites for hydroxylation is 1. The first-order chi connectivity index (χ1) is 8.91. The number of nitro groups is 1. The Balaban J connectivity index is 2.25. The van der Waals surface area contributed by atoms with Gasteiger partial charge in [-0.3, -0.25) is 29.8 Å². The fourth-order valence-electron chi connectivity index (χ4n) is 1.44. The van der Waals surface area contributed by atoms with Gasteiger partial charge in [0.2, 0.25) is 5.69 Å². The van der Waals surface area contributed by atoms with E-state index < -0.39 is 16.5 Å². The van der Waals surface area contributed by atoms with Gasteiger partial charge in [0, 0.05) is 7.05 Å². The molecule has 1 aliphatic rings. The molecule has 0 atom stereocenters. The van der Waals surface area contributed by atoms with Crippen LogP contribution in [0.15, 0.2) is 6.20 Å². The van der Waals surface area contributed by atoms with Crippen LogP contribution >= 0.6 is 24.0 Å². The second-order valence-electron chi connectivity index (χ2n) is 3.48. The summed E-state index contributed by atoms with van der Waals surface area (Å²) < 4.78 is 1.26. The fourth-order valence-corrected chi connectivity index (χ4v) is 2.42. The smallest absolute Gasteiger partial charge is 0.272 e. The molecular formula is C8H7N5O4S2. The lowest BCUT2D eigenvalue weighted by molar-refractivity contribution is -0.385. The summed E-state index contributed by atoms with van der Waals surface area (Å²) in [5, 5.41) is 15.3. The van der Waals surface area contributed by atoms with Crippen molar-refractivity contribution in [2.45, 2.75) is 0 Å².